The van der Waals surface area contributed by atoms with Crippen molar-refractivity contribution in [3.8, 4) is 0 Å². The van der Waals surface area contributed by atoms with Gasteiger partial charge in [0.1, 0.15) is 0 Å². The minimum atomic E-state index is -0.0907. The van der Waals surface area contributed by atoms with Crippen LogP contribution in [-0.4, -0.2) is 42.1 Å². The molecule has 0 radical (unpaired) electrons. The van der Waals surface area contributed by atoms with Crippen molar-refractivity contribution in [2.24, 2.45) is 10.9 Å². The van der Waals surface area contributed by atoms with E-state index in [4.69, 9.17) is 16.3 Å². The molecule has 4 rings (SSSR count). The van der Waals surface area contributed by atoms with Crippen LogP contribution in [0.2, 0.25) is 5.02 Å². The van der Waals surface area contributed by atoms with Crippen LogP contribution in [0.5, 0.6) is 0 Å². The van der Waals surface area contributed by atoms with Gasteiger partial charge in [0.05, 0.1) is 30.0 Å². The van der Waals surface area contributed by atoms with Crippen LogP contribution >= 0.6 is 11.6 Å². The van der Waals surface area contributed by atoms with Crippen LogP contribution in [0.3, 0.4) is 0 Å². The van der Waals surface area contributed by atoms with E-state index in [-0.39, 0.29) is 23.7 Å². The lowest BCUT2D eigenvalue weighted by molar-refractivity contribution is -0.149. The van der Waals surface area contributed by atoms with Crippen LogP contribution in [0.1, 0.15) is 55.8 Å². The smallest absolute Gasteiger partial charge is 0.309 e. The second kappa shape index (κ2) is 9.97. The summed E-state index contributed by atoms with van der Waals surface area (Å²) in [5.74, 6) is -0.0254. The molecule has 1 saturated heterocycles. The molecule has 1 unspecified atom stereocenters. The molecule has 0 saturated carbocycles. The number of aliphatic imine (C=N–C) groups is 1. The van der Waals surface area contributed by atoms with Gasteiger partial charge in [0.15, 0.2) is 5.78 Å². The maximum atomic E-state index is 12.4. The summed E-state index contributed by atoms with van der Waals surface area (Å²) < 4.78 is 5.23. The monoisotopic (exact) mass is 452 g/mol. The van der Waals surface area contributed by atoms with Crippen LogP contribution in [-0.2, 0) is 20.7 Å². The summed E-state index contributed by atoms with van der Waals surface area (Å²) in [6.07, 6.45) is 2.60. The van der Waals surface area contributed by atoms with Gasteiger partial charge in [0.2, 0.25) is 0 Å². The van der Waals surface area contributed by atoms with E-state index in [1.807, 2.05) is 32.0 Å². The van der Waals surface area contributed by atoms with Crippen molar-refractivity contribution in [2.75, 3.05) is 19.7 Å². The molecule has 1 fully saturated rings. The van der Waals surface area contributed by atoms with E-state index in [1.165, 1.54) is 0 Å². The van der Waals surface area contributed by atoms with Gasteiger partial charge in [-0.15, -0.1) is 0 Å². The number of rotatable bonds is 6. The zero-order valence-corrected chi connectivity index (χ0v) is 19.4. The molecule has 1 atom stereocenters. The average Bonchev–Trinajstić information content (AvgIpc) is 2.80. The maximum absolute atomic E-state index is 12.4. The van der Waals surface area contributed by atoms with E-state index >= 15 is 0 Å². The SMILES string of the molecule is CCOC(=O)C1CCN(C(c2ccc(Cl)cc2)c2ccc3c(c2)CC(=O)C(CC)=N3)CC1. The number of hydrogen-bond acceptors (Lipinski definition) is 5. The first-order valence-corrected chi connectivity index (χ1v) is 11.8. The Bertz CT molecular complexity index is 1020. The summed E-state index contributed by atoms with van der Waals surface area (Å²) in [6, 6.07) is 14.2. The minimum Gasteiger partial charge on any atom is -0.466 e. The second-order valence-electron chi connectivity index (χ2n) is 8.42. The number of carbonyl (C=O) groups excluding carboxylic acids is 2. The number of piperidine rings is 1. The first-order valence-electron chi connectivity index (χ1n) is 11.4. The Kier molecular flexibility index (Phi) is 7.07. The largest absolute Gasteiger partial charge is 0.466 e. The molecule has 2 aromatic rings. The van der Waals surface area contributed by atoms with Gasteiger partial charge < -0.3 is 4.74 Å². The molecule has 2 aliphatic rings. The molecular weight excluding hydrogens is 424 g/mol. The molecule has 0 aliphatic carbocycles. The summed E-state index contributed by atoms with van der Waals surface area (Å²) in [7, 11) is 0. The number of hydrogen-bond donors (Lipinski definition) is 0. The molecule has 0 amide bonds. The van der Waals surface area contributed by atoms with Gasteiger partial charge in [-0.25, -0.2) is 4.99 Å². The Balaban J connectivity index is 1.64. The van der Waals surface area contributed by atoms with E-state index in [0.29, 0.717) is 30.2 Å². The molecule has 5 nitrogen and oxygen atoms in total. The number of Topliss-reactive ketones (excluding diaryl/α,β-unsaturated/α-hetero) is 1. The number of halogens is 1. The van der Waals surface area contributed by atoms with Gasteiger partial charge in [-0.2, -0.15) is 0 Å². The Morgan fingerprint density at radius 3 is 2.47 bits per heavy atom. The number of likely N-dealkylation sites (tertiary alicyclic amines) is 1. The standard InChI is InChI=1S/C26H29ClN2O3/c1-3-22-24(30)16-20-15-19(7-10-23(20)28-22)25(17-5-8-21(27)9-6-17)29-13-11-18(12-14-29)26(31)32-4-2/h5-10,15,18,25H,3-4,11-14,16H2,1-2H3. The van der Waals surface area contributed by atoms with Gasteiger partial charge in [-0.1, -0.05) is 42.8 Å². The molecule has 0 bridgehead atoms. The zero-order valence-electron chi connectivity index (χ0n) is 18.6. The van der Waals surface area contributed by atoms with Crippen molar-refractivity contribution in [1.29, 1.82) is 0 Å². The summed E-state index contributed by atoms with van der Waals surface area (Å²) in [5, 5.41) is 0.700. The maximum Gasteiger partial charge on any atom is 0.309 e. The summed E-state index contributed by atoms with van der Waals surface area (Å²) in [5.41, 5.74) is 4.79. The van der Waals surface area contributed by atoms with Crippen molar-refractivity contribution in [3.63, 3.8) is 0 Å². The normalized spacial score (nSPS) is 18.1. The number of fused-ring (bicyclic) bond motifs is 1. The molecule has 0 aromatic heterocycles. The van der Waals surface area contributed by atoms with Crippen molar-refractivity contribution in [1.82, 2.24) is 4.90 Å². The third-order valence-corrected chi connectivity index (χ3v) is 6.63. The van der Waals surface area contributed by atoms with Gasteiger partial charge in [0.25, 0.3) is 0 Å². The molecule has 2 heterocycles. The van der Waals surface area contributed by atoms with Gasteiger partial charge in [-0.3, -0.25) is 14.5 Å². The number of ether oxygens (including phenoxy) is 1. The average molecular weight is 453 g/mol. The topological polar surface area (TPSA) is 59.0 Å². The Hall–Kier alpha value is -2.50. The molecule has 168 valence electrons. The van der Waals surface area contributed by atoms with Gasteiger partial charge in [-0.05, 0) is 74.2 Å². The first kappa shape index (κ1) is 22.7. The minimum absolute atomic E-state index is 0.0207. The van der Waals surface area contributed by atoms with Crippen molar-refractivity contribution >= 4 is 34.8 Å². The molecule has 2 aliphatic heterocycles. The molecule has 32 heavy (non-hydrogen) atoms. The van der Waals surface area contributed by atoms with Gasteiger partial charge >= 0.3 is 5.97 Å². The fourth-order valence-corrected chi connectivity index (χ4v) is 4.82. The van der Waals surface area contributed by atoms with E-state index in [2.05, 4.69) is 34.2 Å². The number of nitrogens with zero attached hydrogens (tertiary/aromatic N) is 2. The fourth-order valence-electron chi connectivity index (χ4n) is 4.70. The number of ketones is 1. The molecular formula is C26H29ClN2O3. The highest BCUT2D eigenvalue weighted by Gasteiger charge is 2.31. The molecule has 2 aromatic carbocycles. The highest BCUT2D eigenvalue weighted by atomic mass is 35.5. The molecule has 0 spiro atoms. The van der Waals surface area contributed by atoms with Crippen LogP contribution in [0.15, 0.2) is 47.5 Å². The molecule has 6 heteroatoms. The summed E-state index contributed by atoms with van der Waals surface area (Å²) in [4.78, 5) is 31.6. The molecule has 0 N–H and O–H groups in total. The first-order chi connectivity index (χ1) is 15.5. The number of carbonyl (C=O) groups is 2. The third kappa shape index (κ3) is 4.79. The summed E-state index contributed by atoms with van der Waals surface area (Å²) >= 11 is 6.15. The van der Waals surface area contributed by atoms with E-state index < -0.39 is 0 Å². The summed E-state index contributed by atoms with van der Waals surface area (Å²) in [6.45, 7) is 5.82. The van der Waals surface area contributed by atoms with E-state index in [9.17, 15) is 9.59 Å². The van der Waals surface area contributed by atoms with Crippen molar-refractivity contribution in [3.05, 3.63) is 64.2 Å². The quantitative estimate of drug-likeness (QED) is 0.557. The number of benzene rings is 2. The Morgan fingerprint density at radius 2 is 1.81 bits per heavy atom. The highest BCUT2D eigenvalue weighted by molar-refractivity contribution is 6.41. The van der Waals surface area contributed by atoms with Crippen LogP contribution in [0, 0.1) is 5.92 Å². The predicted molar refractivity (Wildman–Crippen MR) is 127 cm³/mol. The third-order valence-electron chi connectivity index (χ3n) is 6.38. The zero-order chi connectivity index (χ0) is 22.7. The predicted octanol–water partition coefficient (Wildman–Crippen LogP) is 5.31. The van der Waals surface area contributed by atoms with Crippen LogP contribution < -0.4 is 0 Å². The van der Waals surface area contributed by atoms with Crippen molar-refractivity contribution < 1.29 is 14.3 Å². The van der Waals surface area contributed by atoms with Gasteiger partial charge in [0, 0.05) is 11.4 Å². The Labute approximate surface area is 194 Å². The number of esters is 1. The second-order valence-corrected chi connectivity index (χ2v) is 8.85. The lowest BCUT2D eigenvalue weighted by atomic mass is 9.89. The Morgan fingerprint density at radius 1 is 1.12 bits per heavy atom. The van der Waals surface area contributed by atoms with E-state index in [1.54, 1.807) is 0 Å². The van der Waals surface area contributed by atoms with Crippen molar-refractivity contribution in [2.45, 2.75) is 45.6 Å². The lowest BCUT2D eigenvalue weighted by Crippen LogP contribution is -2.39. The lowest BCUT2D eigenvalue weighted by Gasteiger charge is -2.37. The van der Waals surface area contributed by atoms with Crippen LogP contribution in [0.25, 0.3) is 0 Å². The fraction of sp³-hybridized carbons (Fsp3) is 0.423. The van der Waals surface area contributed by atoms with Crippen LogP contribution in [0.4, 0.5) is 5.69 Å². The van der Waals surface area contributed by atoms with E-state index in [0.717, 1.165) is 48.3 Å². The highest BCUT2D eigenvalue weighted by Crippen LogP contribution is 2.36.